The van der Waals surface area contributed by atoms with Crippen molar-refractivity contribution in [1.82, 2.24) is 9.80 Å². The highest BCUT2D eigenvalue weighted by Crippen LogP contribution is 2.24. The summed E-state index contributed by atoms with van der Waals surface area (Å²) in [7, 11) is 0. The SMILES string of the molecule is O=C1C2CCCCN2C(=O)CCN1Cc1cccc(Br)c1. The van der Waals surface area contributed by atoms with Crippen LogP contribution in [-0.4, -0.2) is 40.7 Å². The number of halogens is 1. The minimum atomic E-state index is -0.235. The van der Waals surface area contributed by atoms with E-state index in [1.807, 2.05) is 29.2 Å². The van der Waals surface area contributed by atoms with Crippen LogP contribution in [0.25, 0.3) is 0 Å². The second-order valence-electron chi connectivity index (χ2n) is 5.74. The third kappa shape index (κ3) is 3.12. The maximum absolute atomic E-state index is 12.7. The minimum absolute atomic E-state index is 0.112. The van der Waals surface area contributed by atoms with E-state index in [9.17, 15) is 9.59 Å². The summed E-state index contributed by atoms with van der Waals surface area (Å²) in [6.07, 6.45) is 3.29. The molecule has 2 heterocycles. The molecule has 1 aromatic rings. The molecule has 112 valence electrons. The summed E-state index contributed by atoms with van der Waals surface area (Å²) in [4.78, 5) is 28.6. The Morgan fingerprint density at radius 1 is 1.19 bits per heavy atom. The van der Waals surface area contributed by atoms with Gasteiger partial charge in [-0.1, -0.05) is 28.1 Å². The fraction of sp³-hybridized carbons (Fsp3) is 0.500. The molecule has 0 aliphatic carbocycles. The zero-order chi connectivity index (χ0) is 14.8. The first kappa shape index (κ1) is 14.6. The normalized spacial score (nSPS) is 23.0. The lowest BCUT2D eigenvalue weighted by Gasteiger charge is -2.34. The van der Waals surface area contributed by atoms with Crippen LogP contribution in [-0.2, 0) is 16.1 Å². The molecule has 1 atom stereocenters. The van der Waals surface area contributed by atoms with Gasteiger partial charge in [0.25, 0.3) is 0 Å². The van der Waals surface area contributed by atoms with Crippen LogP contribution in [0.15, 0.2) is 28.7 Å². The zero-order valence-corrected chi connectivity index (χ0v) is 13.5. The minimum Gasteiger partial charge on any atom is -0.336 e. The topological polar surface area (TPSA) is 40.6 Å². The fourth-order valence-electron chi connectivity index (χ4n) is 3.19. The highest BCUT2D eigenvalue weighted by Gasteiger charge is 2.37. The number of hydrogen-bond donors (Lipinski definition) is 0. The van der Waals surface area contributed by atoms with Gasteiger partial charge < -0.3 is 9.80 Å². The van der Waals surface area contributed by atoms with E-state index in [-0.39, 0.29) is 17.9 Å². The molecule has 2 saturated heterocycles. The van der Waals surface area contributed by atoms with E-state index in [0.717, 1.165) is 35.8 Å². The predicted octanol–water partition coefficient (Wildman–Crippen LogP) is 2.56. The Hall–Kier alpha value is -1.36. The number of carbonyl (C=O) groups excluding carboxylic acids is 2. The summed E-state index contributed by atoms with van der Waals surface area (Å²) in [5.41, 5.74) is 1.09. The summed E-state index contributed by atoms with van der Waals surface area (Å²) in [5, 5.41) is 0. The summed E-state index contributed by atoms with van der Waals surface area (Å²) in [5.74, 6) is 0.241. The molecule has 1 unspecified atom stereocenters. The van der Waals surface area contributed by atoms with E-state index in [1.165, 1.54) is 0 Å². The molecule has 2 fully saturated rings. The van der Waals surface area contributed by atoms with Gasteiger partial charge in [0, 0.05) is 30.5 Å². The molecule has 21 heavy (non-hydrogen) atoms. The molecular weight excluding hydrogens is 332 g/mol. The van der Waals surface area contributed by atoms with Crippen LogP contribution in [0.3, 0.4) is 0 Å². The molecule has 0 bridgehead atoms. The van der Waals surface area contributed by atoms with Gasteiger partial charge in [0.2, 0.25) is 11.8 Å². The standard InChI is InChI=1S/C16H19BrN2O2/c17-13-5-3-4-12(10-13)11-18-9-7-15(20)19-8-2-1-6-14(19)16(18)21/h3-5,10,14H,1-2,6-9,11H2. The maximum Gasteiger partial charge on any atom is 0.245 e. The molecular formula is C16H19BrN2O2. The van der Waals surface area contributed by atoms with Crippen molar-refractivity contribution in [3.8, 4) is 0 Å². The van der Waals surface area contributed by atoms with E-state index >= 15 is 0 Å². The number of rotatable bonds is 2. The quantitative estimate of drug-likeness (QED) is 0.822. The summed E-state index contributed by atoms with van der Waals surface area (Å²) < 4.78 is 1.01. The molecule has 2 aliphatic heterocycles. The number of fused-ring (bicyclic) bond motifs is 1. The zero-order valence-electron chi connectivity index (χ0n) is 11.9. The third-order valence-electron chi connectivity index (χ3n) is 4.28. The van der Waals surface area contributed by atoms with Crippen LogP contribution in [0.5, 0.6) is 0 Å². The van der Waals surface area contributed by atoms with E-state index in [0.29, 0.717) is 19.5 Å². The predicted molar refractivity (Wildman–Crippen MR) is 83.5 cm³/mol. The molecule has 0 saturated carbocycles. The van der Waals surface area contributed by atoms with E-state index < -0.39 is 0 Å². The van der Waals surface area contributed by atoms with Crippen molar-refractivity contribution >= 4 is 27.7 Å². The number of amides is 2. The summed E-state index contributed by atoms with van der Waals surface area (Å²) in [6.45, 7) is 1.84. The van der Waals surface area contributed by atoms with Crippen LogP contribution in [0.4, 0.5) is 0 Å². The van der Waals surface area contributed by atoms with Gasteiger partial charge in [0.15, 0.2) is 0 Å². The van der Waals surface area contributed by atoms with Gasteiger partial charge >= 0.3 is 0 Å². The smallest absolute Gasteiger partial charge is 0.245 e. The molecule has 0 N–H and O–H groups in total. The van der Waals surface area contributed by atoms with Crippen molar-refractivity contribution in [3.05, 3.63) is 34.3 Å². The maximum atomic E-state index is 12.7. The van der Waals surface area contributed by atoms with Gasteiger partial charge in [-0.05, 0) is 37.0 Å². The van der Waals surface area contributed by atoms with Crippen LogP contribution in [0.2, 0.25) is 0 Å². The van der Waals surface area contributed by atoms with Gasteiger partial charge in [0.1, 0.15) is 6.04 Å². The Morgan fingerprint density at radius 3 is 2.86 bits per heavy atom. The van der Waals surface area contributed by atoms with Crippen LogP contribution >= 0.6 is 15.9 Å². The average molecular weight is 351 g/mol. The molecule has 0 aromatic heterocycles. The Labute approximate surface area is 133 Å². The van der Waals surface area contributed by atoms with Gasteiger partial charge in [-0.2, -0.15) is 0 Å². The largest absolute Gasteiger partial charge is 0.336 e. The van der Waals surface area contributed by atoms with Gasteiger partial charge in [-0.15, -0.1) is 0 Å². The van der Waals surface area contributed by atoms with Gasteiger partial charge in [0.05, 0.1) is 0 Å². The Bertz CT molecular complexity index is 561. The summed E-state index contributed by atoms with van der Waals surface area (Å²) in [6, 6.07) is 7.75. The van der Waals surface area contributed by atoms with Crippen molar-refractivity contribution in [1.29, 1.82) is 0 Å². The lowest BCUT2D eigenvalue weighted by Crippen LogP contribution is -2.49. The van der Waals surface area contributed by atoms with Crippen molar-refractivity contribution in [2.45, 2.75) is 38.3 Å². The molecule has 0 radical (unpaired) electrons. The summed E-state index contributed by atoms with van der Waals surface area (Å²) >= 11 is 3.46. The molecule has 1 aromatic carbocycles. The first-order valence-corrected chi connectivity index (χ1v) is 8.27. The number of nitrogens with zero attached hydrogens (tertiary/aromatic N) is 2. The number of benzene rings is 1. The van der Waals surface area contributed by atoms with Crippen molar-refractivity contribution in [3.63, 3.8) is 0 Å². The highest BCUT2D eigenvalue weighted by molar-refractivity contribution is 9.10. The first-order chi connectivity index (χ1) is 10.1. The number of piperidine rings is 1. The van der Waals surface area contributed by atoms with E-state index in [4.69, 9.17) is 0 Å². The number of carbonyl (C=O) groups is 2. The van der Waals surface area contributed by atoms with E-state index in [2.05, 4.69) is 15.9 Å². The van der Waals surface area contributed by atoms with Crippen LogP contribution in [0, 0.1) is 0 Å². The molecule has 5 heteroatoms. The lowest BCUT2D eigenvalue weighted by molar-refractivity contribution is -0.143. The third-order valence-corrected chi connectivity index (χ3v) is 4.77. The Balaban J connectivity index is 1.79. The highest BCUT2D eigenvalue weighted by atomic mass is 79.9. The van der Waals surface area contributed by atoms with Gasteiger partial charge in [-0.3, -0.25) is 9.59 Å². The van der Waals surface area contributed by atoms with Crippen molar-refractivity contribution in [2.75, 3.05) is 13.1 Å². The molecule has 0 spiro atoms. The fourth-order valence-corrected chi connectivity index (χ4v) is 3.64. The van der Waals surface area contributed by atoms with Crippen LogP contribution < -0.4 is 0 Å². The average Bonchev–Trinajstić information content (AvgIpc) is 2.60. The van der Waals surface area contributed by atoms with E-state index in [1.54, 1.807) is 4.90 Å². The van der Waals surface area contributed by atoms with Gasteiger partial charge in [-0.25, -0.2) is 0 Å². The first-order valence-electron chi connectivity index (χ1n) is 7.48. The monoisotopic (exact) mass is 350 g/mol. The molecule has 2 aliphatic rings. The molecule has 2 amide bonds. The van der Waals surface area contributed by atoms with Crippen LogP contribution in [0.1, 0.15) is 31.2 Å². The van der Waals surface area contributed by atoms with Crippen molar-refractivity contribution in [2.24, 2.45) is 0 Å². The molecule has 4 nitrogen and oxygen atoms in total. The number of hydrogen-bond acceptors (Lipinski definition) is 2. The lowest BCUT2D eigenvalue weighted by atomic mass is 10.0. The van der Waals surface area contributed by atoms with Crippen molar-refractivity contribution < 1.29 is 9.59 Å². The Morgan fingerprint density at radius 2 is 2.05 bits per heavy atom. The molecule has 3 rings (SSSR count). The Kier molecular flexibility index (Phi) is 4.29. The second kappa shape index (κ2) is 6.18. The second-order valence-corrected chi connectivity index (χ2v) is 6.65.